The standard InChI is InChI=1S/C35H45BrF3N7O3/c36-28-21-23(20-27(31(28)40)35(37,38)39)22-30(32(47)44-15-9-25(10-16-44)43-13-4-1-5-14-43)42-33(48)45-17-11-26(12-18-45)46-19-8-24-6-2-3-7-29(24)41-34(46)49/h2-3,6-7,20-21,25-26,30H,1,4-5,8-19,22,40H2,(H,41,49)(H,42,48). The summed E-state index contributed by atoms with van der Waals surface area (Å²) >= 11 is 3.15. The number of carbonyl (C=O) groups excluding carboxylic acids is 3. The molecule has 5 amide bonds. The van der Waals surface area contributed by atoms with Crippen molar-refractivity contribution in [3.63, 3.8) is 0 Å². The Bertz CT molecular complexity index is 1520. The van der Waals surface area contributed by atoms with Gasteiger partial charge in [-0.2, -0.15) is 13.2 Å². The van der Waals surface area contributed by atoms with Crippen LogP contribution in [-0.4, -0.2) is 102 Å². The van der Waals surface area contributed by atoms with Crippen LogP contribution in [0.2, 0.25) is 0 Å². The smallest absolute Gasteiger partial charge is 0.397 e. The van der Waals surface area contributed by atoms with Crippen LogP contribution >= 0.6 is 15.9 Å². The van der Waals surface area contributed by atoms with E-state index in [-0.39, 0.29) is 34.4 Å². The predicted molar refractivity (Wildman–Crippen MR) is 185 cm³/mol. The molecule has 0 saturated carbocycles. The number of benzene rings is 2. The molecule has 4 N–H and O–H groups in total. The van der Waals surface area contributed by atoms with Crippen molar-refractivity contribution < 1.29 is 27.6 Å². The number of amides is 5. The van der Waals surface area contributed by atoms with Gasteiger partial charge in [0.15, 0.2) is 0 Å². The Morgan fingerprint density at radius 2 is 1.57 bits per heavy atom. The number of hydrogen-bond donors (Lipinski definition) is 3. The molecule has 4 aliphatic heterocycles. The second-order valence-electron chi connectivity index (χ2n) is 13.6. The van der Waals surface area contributed by atoms with Gasteiger partial charge in [-0.15, -0.1) is 0 Å². The third-order valence-corrected chi connectivity index (χ3v) is 11.2. The summed E-state index contributed by atoms with van der Waals surface area (Å²) < 4.78 is 41.6. The van der Waals surface area contributed by atoms with Crippen LogP contribution in [0.3, 0.4) is 0 Å². The second kappa shape index (κ2) is 15.2. The minimum atomic E-state index is -4.68. The second-order valence-corrected chi connectivity index (χ2v) is 14.5. The summed E-state index contributed by atoms with van der Waals surface area (Å²) in [5.74, 6) is -0.303. The maximum Gasteiger partial charge on any atom is 0.418 e. The lowest BCUT2D eigenvalue weighted by Gasteiger charge is -2.41. The van der Waals surface area contributed by atoms with E-state index in [0.717, 1.165) is 49.7 Å². The average Bonchev–Trinajstić information content (AvgIpc) is 3.27. The number of para-hydroxylation sites is 1. The first kappa shape index (κ1) is 35.3. The Balaban J connectivity index is 1.12. The fourth-order valence-electron chi connectivity index (χ4n) is 7.78. The molecule has 266 valence electrons. The largest absolute Gasteiger partial charge is 0.418 e. The lowest BCUT2D eigenvalue weighted by atomic mass is 9.97. The number of carbonyl (C=O) groups is 3. The van der Waals surface area contributed by atoms with Gasteiger partial charge in [-0.1, -0.05) is 24.6 Å². The Morgan fingerprint density at radius 1 is 0.918 bits per heavy atom. The highest BCUT2D eigenvalue weighted by Gasteiger charge is 2.37. The third kappa shape index (κ3) is 8.28. The van der Waals surface area contributed by atoms with Crippen molar-refractivity contribution in [2.75, 3.05) is 56.9 Å². The van der Waals surface area contributed by atoms with E-state index in [1.807, 2.05) is 29.2 Å². The first-order valence-corrected chi connectivity index (χ1v) is 18.2. The molecule has 3 saturated heterocycles. The number of rotatable bonds is 6. The van der Waals surface area contributed by atoms with E-state index in [9.17, 15) is 27.6 Å². The van der Waals surface area contributed by atoms with Crippen LogP contribution in [0.1, 0.15) is 61.6 Å². The number of nitrogens with two attached hydrogens (primary N) is 1. The van der Waals surface area contributed by atoms with E-state index in [2.05, 4.69) is 31.5 Å². The van der Waals surface area contributed by atoms with Crippen molar-refractivity contribution in [1.29, 1.82) is 0 Å². The number of likely N-dealkylation sites (tertiary alicyclic amines) is 3. The lowest BCUT2D eigenvalue weighted by Crippen LogP contribution is -2.57. The molecular formula is C35H45BrF3N7O3. The lowest BCUT2D eigenvalue weighted by molar-refractivity contribution is -0.137. The van der Waals surface area contributed by atoms with E-state index in [1.54, 1.807) is 9.80 Å². The number of nitrogens with zero attached hydrogens (tertiary/aromatic N) is 4. The topological polar surface area (TPSA) is 114 Å². The van der Waals surface area contributed by atoms with Crippen LogP contribution in [0.15, 0.2) is 40.9 Å². The van der Waals surface area contributed by atoms with Gasteiger partial charge in [0, 0.05) is 61.4 Å². The maximum absolute atomic E-state index is 14.0. The van der Waals surface area contributed by atoms with Gasteiger partial charge in [0.1, 0.15) is 6.04 Å². The summed E-state index contributed by atoms with van der Waals surface area (Å²) in [7, 11) is 0. The maximum atomic E-state index is 14.0. The minimum absolute atomic E-state index is 0.0510. The van der Waals surface area contributed by atoms with Crippen molar-refractivity contribution in [1.82, 2.24) is 24.9 Å². The number of piperidine rings is 3. The highest BCUT2D eigenvalue weighted by atomic mass is 79.9. The van der Waals surface area contributed by atoms with Gasteiger partial charge >= 0.3 is 18.2 Å². The fraction of sp³-hybridized carbons (Fsp3) is 0.571. The summed E-state index contributed by atoms with van der Waals surface area (Å²) in [5, 5.41) is 5.89. The predicted octanol–water partition coefficient (Wildman–Crippen LogP) is 5.70. The van der Waals surface area contributed by atoms with Gasteiger partial charge in [-0.05, 0) is 103 Å². The number of nitrogens with one attached hydrogen (secondary N) is 2. The highest BCUT2D eigenvalue weighted by Crippen LogP contribution is 2.38. The number of urea groups is 2. The number of halogens is 4. The molecule has 0 bridgehead atoms. The molecule has 4 heterocycles. The molecule has 14 heteroatoms. The molecule has 0 radical (unpaired) electrons. The molecule has 10 nitrogen and oxygen atoms in total. The summed E-state index contributed by atoms with van der Waals surface area (Å²) in [6.45, 7) is 4.51. The summed E-state index contributed by atoms with van der Waals surface area (Å²) in [6.07, 6.45) is 2.31. The van der Waals surface area contributed by atoms with Gasteiger partial charge in [0.2, 0.25) is 5.91 Å². The molecule has 49 heavy (non-hydrogen) atoms. The molecule has 1 unspecified atom stereocenters. The van der Waals surface area contributed by atoms with Crippen molar-refractivity contribution in [3.8, 4) is 0 Å². The van der Waals surface area contributed by atoms with Crippen LogP contribution in [0.25, 0.3) is 0 Å². The van der Waals surface area contributed by atoms with E-state index in [1.165, 1.54) is 25.3 Å². The molecule has 4 aliphatic rings. The van der Waals surface area contributed by atoms with Gasteiger partial charge in [0.25, 0.3) is 0 Å². The number of alkyl halides is 3. The zero-order valence-electron chi connectivity index (χ0n) is 27.6. The van der Waals surface area contributed by atoms with Crippen molar-refractivity contribution >= 4 is 45.3 Å². The van der Waals surface area contributed by atoms with Gasteiger partial charge in [-0.25, -0.2) is 9.59 Å². The van der Waals surface area contributed by atoms with Gasteiger partial charge < -0.3 is 36.0 Å². The monoisotopic (exact) mass is 747 g/mol. The molecule has 1 atom stereocenters. The number of anilines is 2. The van der Waals surface area contributed by atoms with E-state index in [4.69, 9.17) is 5.73 Å². The van der Waals surface area contributed by atoms with Crippen LogP contribution in [0.5, 0.6) is 0 Å². The van der Waals surface area contributed by atoms with Crippen LogP contribution < -0.4 is 16.4 Å². The normalized spacial score (nSPS) is 20.7. The van der Waals surface area contributed by atoms with Crippen molar-refractivity contribution in [3.05, 3.63) is 57.6 Å². The molecule has 0 spiro atoms. The summed E-state index contributed by atoms with van der Waals surface area (Å²) in [5.41, 5.74) is 6.47. The Labute approximate surface area is 293 Å². The number of nitrogen functional groups attached to an aromatic ring is 1. The van der Waals surface area contributed by atoms with Gasteiger partial charge in [-0.3, -0.25) is 4.79 Å². The zero-order valence-corrected chi connectivity index (χ0v) is 29.2. The van der Waals surface area contributed by atoms with Gasteiger partial charge in [0.05, 0.1) is 11.3 Å². The molecule has 0 aromatic heterocycles. The fourth-order valence-corrected chi connectivity index (χ4v) is 8.28. The quantitative estimate of drug-likeness (QED) is 0.328. The third-order valence-electron chi connectivity index (χ3n) is 10.5. The van der Waals surface area contributed by atoms with E-state index >= 15 is 0 Å². The molecular weight excluding hydrogens is 703 g/mol. The number of hydrogen-bond acceptors (Lipinski definition) is 5. The van der Waals surface area contributed by atoms with Crippen LogP contribution in [0.4, 0.5) is 34.1 Å². The molecule has 0 aliphatic carbocycles. The highest BCUT2D eigenvalue weighted by molar-refractivity contribution is 9.10. The van der Waals surface area contributed by atoms with E-state index < -0.39 is 29.5 Å². The molecule has 2 aromatic carbocycles. The Kier molecular flexibility index (Phi) is 10.9. The van der Waals surface area contributed by atoms with E-state index in [0.29, 0.717) is 51.6 Å². The molecule has 3 fully saturated rings. The number of fused-ring (bicyclic) bond motifs is 1. The SMILES string of the molecule is Nc1c(Br)cc(CC(NC(=O)N2CCC(N3CCc4ccccc4NC3=O)CC2)C(=O)N2CCC(N3CCCCC3)CC2)cc1C(F)(F)F. The van der Waals surface area contributed by atoms with Crippen molar-refractivity contribution in [2.24, 2.45) is 0 Å². The first-order valence-electron chi connectivity index (χ1n) is 17.4. The summed E-state index contributed by atoms with van der Waals surface area (Å²) in [6, 6.07) is 8.88. The van der Waals surface area contributed by atoms with Crippen molar-refractivity contribution in [2.45, 2.75) is 82.1 Å². The Morgan fingerprint density at radius 3 is 2.27 bits per heavy atom. The Hall–Kier alpha value is -3.52. The molecule has 2 aromatic rings. The molecule has 6 rings (SSSR count). The van der Waals surface area contributed by atoms with Crippen LogP contribution in [-0.2, 0) is 23.8 Å². The minimum Gasteiger partial charge on any atom is -0.397 e. The summed E-state index contributed by atoms with van der Waals surface area (Å²) in [4.78, 5) is 48.5. The zero-order chi connectivity index (χ0) is 34.7. The van der Waals surface area contributed by atoms with Crippen LogP contribution in [0, 0.1) is 0 Å². The average molecular weight is 749 g/mol. The first-order chi connectivity index (χ1) is 23.5.